The van der Waals surface area contributed by atoms with Crippen LogP contribution in [0, 0.1) is 0 Å². The lowest BCUT2D eigenvalue weighted by atomic mass is 10.0. The van der Waals surface area contributed by atoms with Crippen molar-refractivity contribution in [2.75, 3.05) is 7.11 Å². The van der Waals surface area contributed by atoms with Crippen LogP contribution in [0.25, 0.3) is 78.7 Å². The van der Waals surface area contributed by atoms with Gasteiger partial charge in [-0.3, -0.25) is 4.99 Å². The first-order valence-corrected chi connectivity index (χ1v) is 17.0. The number of aromatic nitrogens is 4. The number of benzene rings is 4. The van der Waals surface area contributed by atoms with Crippen LogP contribution in [0.5, 0.6) is 0 Å². The standard InChI is InChI=1S/C45H33N5O/c1-51-45-44-43(32-20-12-5-13-21-32)38-27-26-36(49-38)41(30-16-8-3-9-17-30)34-23-22-33(47-34)40(29-14-6-2-7-15-29)35-24-25-37(48-35)42(39(50-44)28-46-45)31-18-10-4-11-19-31/h2-28,45,48-49H,1H3. The van der Waals surface area contributed by atoms with Crippen molar-refractivity contribution in [3.05, 3.63) is 168 Å². The summed E-state index contributed by atoms with van der Waals surface area (Å²) in [5.74, 6) is 0. The van der Waals surface area contributed by atoms with E-state index in [4.69, 9.17) is 19.7 Å². The molecule has 0 aliphatic carbocycles. The molecule has 6 nitrogen and oxygen atoms in total. The van der Waals surface area contributed by atoms with Crippen LogP contribution in [-0.2, 0) is 4.74 Å². The third-order valence-corrected chi connectivity index (χ3v) is 9.39. The van der Waals surface area contributed by atoms with Crippen molar-refractivity contribution in [2.45, 2.75) is 6.23 Å². The monoisotopic (exact) mass is 659 g/mol. The summed E-state index contributed by atoms with van der Waals surface area (Å²) >= 11 is 0. The van der Waals surface area contributed by atoms with Crippen molar-refractivity contribution in [3.63, 3.8) is 0 Å². The predicted octanol–water partition coefficient (Wildman–Crippen LogP) is 10.9. The number of rotatable bonds is 5. The van der Waals surface area contributed by atoms with Crippen LogP contribution in [0.3, 0.4) is 0 Å². The number of methoxy groups -OCH3 is 1. The zero-order valence-corrected chi connectivity index (χ0v) is 27.9. The molecule has 3 aromatic heterocycles. The van der Waals surface area contributed by atoms with E-state index >= 15 is 0 Å². The average Bonchev–Trinajstić information content (AvgIpc) is 3.97. The van der Waals surface area contributed by atoms with Gasteiger partial charge in [-0.15, -0.1) is 0 Å². The van der Waals surface area contributed by atoms with Crippen LogP contribution in [0.15, 0.2) is 151 Å². The lowest BCUT2D eigenvalue weighted by molar-refractivity contribution is 0.108. The highest BCUT2D eigenvalue weighted by molar-refractivity contribution is 6.00. The predicted molar refractivity (Wildman–Crippen MR) is 209 cm³/mol. The number of hydrogen-bond donors (Lipinski definition) is 2. The molecule has 2 N–H and O–H groups in total. The second-order valence-electron chi connectivity index (χ2n) is 12.5. The van der Waals surface area contributed by atoms with E-state index in [1.54, 1.807) is 7.11 Å². The van der Waals surface area contributed by atoms with Gasteiger partial charge in [0.05, 0.1) is 23.3 Å². The lowest BCUT2D eigenvalue weighted by Gasteiger charge is -2.18. The highest BCUT2D eigenvalue weighted by Crippen LogP contribution is 2.38. The van der Waals surface area contributed by atoms with Crippen LogP contribution in [0.1, 0.15) is 29.0 Å². The smallest absolute Gasteiger partial charge is 0.191 e. The Balaban J connectivity index is 1.51. The molecule has 1 unspecified atom stereocenters. The quantitative estimate of drug-likeness (QED) is 0.193. The van der Waals surface area contributed by atoms with E-state index < -0.39 is 6.23 Å². The second kappa shape index (κ2) is 13.0. The third kappa shape index (κ3) is 5.58. The molecule has 1 atom stereocenters. The second-order valence-corrected chi connectivity index (χ2v) is 12.5. The van der Waals surface area contributed by atoms with Crippen molar-refractivity contribution in [3.8, 4) is 44.5 Å². The first-order valence-electron chi connectivity index (χ1n) is 17.0. The zero-order valence-electron chi connectivity index (χ0n) is 27.9. The molecule has 51 heavy (non-hydrogen) atoms. The van der Waals surface area contributed by atoms with Crippen LogP contribution < -0.4 is 0 Å². The van der Waals surface area contributed by atoms with E-state index in [-0.39, 0.29) is 0 Å². The number of nitrogens with one attached hydrogen (secondary N) is 2. The van der Waals surface area contributed by atoms with Gasteiger partial charge in [0.1, 0.15) is 5.69 Å². The number of nitrogens with zero attached hydrogens (tertiary/aromatic N) is 3. The highest BCUT2D eigenvalue weighted by atomic mass is 16.5. The van der Waals surface area contributed by atoms with Crippen LogP contribution in [0.4, 0.5) is 0 Å². The maximum absolute atomic E-state index is 6.01. The molecule has 5 heterocycles. The zero-order chi connectivity index (χ0) is 34.1. The van der Waals surface area contributed by atoms with E-state index in [1.807, 2.05) is 54.7 Å². The average molecular weight is 660 g/mol. The Morgan fingerprint density at radius 1 is 0.431 bits per heavy atom. The summed E-state index contributed by atoms with van der Waals surface area (Å²) in [4.78, 5) is 23.3. The maximum Gasteiger partial charge on any atom is 0.191 e. The van der Waals surface area contributed by atoms with Crippen molar-refractivity contribution in [1.82, 2.24) is 19.9 Å². The van der Waals surface area contributed by atoms with Crippen LogP contribution >= 0.6 is 0 Å². The summed E-state index contributed by atoms with van der Waals surface area (Å²) in [5.41, 5.74) is 15.0. The van der Waals surface area contributed by atoms with Gasteiger partial charge in [0.2, 0.25) is 0 Å². The van der Waals surface area contributed by atoms with E-state index in [9.17, 15) is 0 Å². The lowest BCUT2D eigenvalue weighted by Crippen LogP contribution is -2.10. The molecule has 0 fully saturated rings. The van der Waals surface area contributed by atoms with Crippen molar-refractivity contribution in [1.29, 1.82) is 0 Å². The molecular formula is C45H33N5O. The van der Waals surface area contributed by atoms with Crippen LogP contribution in [0.2, 0.25) is 0 Å². The first kappa shape index (κ1) is 30.4. The summed E-state index contributed by atoms with van der Waals surface area (Å²) in [6, 6.07) is 50.1. The van der Waals surface area contributed by atoms with Gasteiger partial charge in [-0.1, -0.05) is 121 Å². The highest BCUT2D eigenvalue weighted by Gasteiger charge is 2.23. The fourth-order valence-electron chi connectivity index (χ4n) is 7.09. The molecule has 0 spiro atoms. The van der Waals surface area contributed by atoms with E-state index in [1.165, 1.54) is 0 Å². The summed E-state index contributed by atoms with van der Waals surface area (Å²) in [5, 5.41) is 0. The molecule has 9 rings (SSSR count). The summed E-state index contributed by atoms with van der Waals surface area (Å²) < 4.78 is 6.01. The minimum atomic E-state index is -0.610. The largest absolute Gasteiger partial charge is 0.354 e. The van der Waals surface area contributed by atoms with Gasteiger partial charge in [0.25, 0.3) is 0 Å². The molecule has 7 aromatic rings. The number of fused-ring (bicyclic) bond motifs is 8. The fraction of sp³-hybridized carbons (Fsp3) is 0.0444. The van der Waals surface area contributed by atoms with Crippen molar-refractivity contribution < 1.29 is 4.74 Å². The van der Waals surface area contributed by atoms with Gasteiger partial charge in [-0.05, 0) is 58.7 Å². The number of hydrogen-bond acceptors (Lipinski definition) is 4. The molecule has 0 saturated carbocycles. The van der Waals surface area contributed by atoms with E-state index in [2.05, 4.69) is 119 Å². The van der Waals surface area contributed by atoms with Gasteiger partial charge in [-0.2, -0.15) is 0 Å². The molecule has 2 aliphatic heterocycles. The Labute approximate surface area is 295 Å². The number of ether oxygens (including phenoxy) is 1. The molecule has 8 bridgehead atoms. The Bertz CT molecular complexity index is 2610. The Hall–Kier alpha value is -6.63. The molecular weight excluding hydrogens is 627 g/mol. The summed E-state index contributed by atoms with van der Waals surface area (Å²) in [6.07, 6.45) is 5.46. The van der Waals surface area contributed by atoms with E-state index in [0.29, 0.717) is 5.69 Å². The Morgan fingerprint density at radius 3 is 1.22 bits per heavy atom. The molecule has 0 radical (unpaired) electrons. The minimum Gasteiger partial charge on any atom is -0.354 e. The first-order chi connectivity index (χ1) is 25.2. The van der Waals surface area contributed by atoms with E-state index in [0.717, 1.165) is 83.7 Å². The molecule has 0 saturated heterocycles. The summed E-state index contributed by atoms with van der Waals surface area (Å²) in [7, 11) is 1.68. The van der Waals surface area contributed by atoms with Crippen molar-refractivity contribution >= 4 is 40.4 Å². The van der Waals surface area contributed by atoms with Gasteiger partial charge in [0.15, 0.2) is 6.23 Å². The minimum absolute atomic E-state index is 0.610. The fourth-order valence-corrected chi connectivity index (χ4v) is 7.09. The number of aliphatic imine (C=N–C) groups is 1. The normalized spacial score (nSPS) is 13.7. The molecule has 6 heteroatoms. The molecule has 2 aliphatic rings. The Kier molecular flexibility index (Phi) is 7.76. The molecule has 4 aromatic carbocycles. The third-order valence-electron chi connectivity index (χ3n) is 9.39. The van der Waals surface area contributed by atoms with Gasteiger partial charge in [0, 0.05) is 51.4 Å². The SMILES string of the molecule is COC1N=Cc2nc1c(-c1ccccc1)c1ccc([nH]1)c(-c1ccccc1)c1nc(c(-c3ccccc3)c3ccc([nH]3)c2-c2ccccc2)C=C1. The van der Waals surface area contributed by atoms with Crippen molar-refractivity contribution in [2.24, 2.45) is 4.99 Å². The van der Waals surface area contributed by atoms with Gasteiger partial charge < -0.3 is 14.7 Å². The number of H-pyrrole nitrogens is 2. The van der Waals surface area contributed by atoms with Gasteiger partial charge >= 0.3 is 0 Å². The maximum atomic E-state index is 6.01. The molecule has 0 amide bonds. The van der Waals surface area contributed by atoms with Gasteiger partial charge in [-0.25, -0.2) is 9.97 Å². The van der Waals surface area contributed by atoms with Crippen LogP contribution in [-0.4, -0.2) is 33.3 Å². The summed E-state index contributed by atoms with van der Waals surface area (Å²) in [6.45, 7) is 0. The number of aromatic amines is 2. The Morgan fingerprint density at radius 2 is 0.804 bits per heavy atom. The topological polar surface area (TPSA) is 79.0 Å². The molecule has 244 valence electrons.